The van der Waals surface area contributed by atoms with Crippen molar-refractivity contribution < 1.29 is 9.53 Å². The molecule has 0 atom stereocenters. The van der Waals surface area contributed by atoms with Gasteiger partial charge in [-0.25, -0.2) is 0 Å². The van der Waals surface area contributed by atoms with Crippen molar-refractivity contribution in [2.75, 3.05) is 6.61 Å². The fourth-order valence-corrected chi connectivity index (χ4v) is 2.17. The first kappa shape index (κ1) is 14.3. The minimum absolute atomic E-state index is 0.183. The normalized spacial score (nSPS) is 10.2. The predicted octanol–water partition coefficient (Wildman–Crippen LogP) is 4.29. The maximum atomic E-state index is 12.1. The molecule has 0 saturated heterocycles. The zero-order chi connectivity index (χ0) is 14.2. The molecule has 0 aromatic heterocycles. The van der Waals surface area contributed by atoms with Gasteiger partial charge in [-0.3, -0.25) is 4.79 Å². The highest BCUT2D eigenvalue weighted by Crippen LogP contribution is 2.16. The van der Waals surface area contributed by atoms with E-state index in [1.54, 1.807) is 0 Å². The molecular weight excluding hydrogens is 248 g/mol. The molecule has 20 heavy (non-hydrogen) atoms. The molecule has 2 aromatic carbocycles. The second-order valence-electron chi connectivity index (χ2n) is 4.72. The van der Waals surface area contributed by atoms with Crippen molar-refractivity contribution in [1.29, 1.82) is 0 Å². The molecule has 0 radical (unpaired) electrons. The third-order valence-corrected chi connectivity index (χ3v) is 3.18. The van der Waals surface area contributed by atoms with E-state index in [0.29, 0.717) is 13.0 Å². The predicted molar refractivity (Wildman–Crippen MR) is 81.3 cm³/mol. The van der Waals surface area contributed by atoms with Crippen LogP contribution in [0.25, 0.3) is 0 Å². The summed E-state index contributed by atoms with van der Waals surface area (Å²) in [5.74, 6) is 0.948. The van der Waals surface area contributed by atoms with Crippen LogP contribution in [0.1, 0.15) is 35.7 Å². The summed E-state index contributed by atoms with van der Waals surface area (Å²) < 4.78 is 5.42. The van der Waals surface area contributed by atoms with Crippen LogP contribution >= 0.6 is 0 Å². The number of benzene rings is 2. The van der Waals surface area contributed by atoms with Gasteiger partial charge in [0.05, 0.1) is 6.61 Å². The highest BCUT2D eigenvalue weighted by molar-refractivity contribution is 5.96. The van der Waals surface area contributed by atoms with E-state index in [-0.39, 0.29) is 5.78 Å². The third kappa shape index (κ3) is 4.23. The fourth-order valence-electron chi connectivity index (χ4n) is 2.17. The smallest absolute Gasteiger partial charge is 0.163 e. The van der Waals surface area contributed by atoms with Crippen molar-refractivity contribution in [2.24, 2.45) is 0 Å². The molecule has 2 aromatic rings. The van der Waals surface area contributed by atoms with E-state index < -0.39 is 0 Å². The van der Waals surface area contributed by atoms with Gasteiger partial charge in [-0.15, -0.1) is 0 Å². The van der Waals surface area contributed by atoms with Gasteiger partial charge in [-0.05, 0) is 37.5 Å². The zero-order valence-corrected chi connectivity index (χ0v) is 11.8. The molecule has 0 heterocycles. The first-order valence-electron chi connectivity index (χ1n) is 7.09. The summed E-state index contributed by atoms with van der Waals surface area (Å²) in [7, 11) is 0. The standard InChI is InChI=1S/C18H20O2/c1-2-20-17-12-7-11-16(14-17)18(19)13-6-10-15-8-4-3-5-9-15/h3-5,7-9,11-12,14H,2,6,10,13H2,1H3. The van der Waals surface area contributed by atoms with Crippen molar-refractivity contribution in [3.63, 3.8) is 0 Å². The van der Waals surface area contributed by atoms with Gasteiger partial charge >= 0.3 is 0 Å². The lowest BCUT2D eigenvalue weighted by Gasteiger charge is -2.05. The van der Waals surface area contributed by atoms with Crippen LogP contribution in [0.4, 0.5) is 0 Å². The van der Waals surface area contributed by atoms with Crippen molar-refractivity contribution in [2.45, 2.75) is 26.2 Å². The van der Waals surface area contributed by atoms with Crippen LogP contribution in [0.3, 0.4) is 0 Å². The molecule has 0 aliphatic carbocycles. The molecule has 2 heteroatoms. The van der Waals surface area contributed by atoms with Crippen LogP contribution < -0.4 is 4.74 Å². The summed E-state index contributed by atoms with van der Waals surface area (Å²) in [6, 6.07) is 17.7. The topological polar surface area (TPSA) is 26.3 Å². The van der Waals surface area contributed by atoms with E-state index in [1.807, 2.05) is 49.4 Å². The van der Waals surface area contributed by atoms with Crippen molar-refractivity contribution in [1.82, 2.24) is 0 Å². The molecule has 0 aliphatic heterocycles. The van der Waals surface area contributed by atoms with Gasteiger partial charge in [0.2, 0.25) is 0 Å². The fraction of sp³-hybridized carbons (Fsp3) is 0.278. The van der Waals surface area contributed by atoms with Crippen LogP contribution in [0.5, 0.6) is 5.75 Å². The minimum atomic E-state index is 0.183. The molecule has 2 nitrogen and oxygen atoms in total. The largest absolute Gasteiger partial charge is 0.494 e. The minimum Gasteiger partial charge on any atom is -0.494 e. The lowest BCUT2D eigenvalue weighted by Crippen LogP contribution is -2.01. The molecule has 0 spiro atoms. The number of hydrogen-bond acceptors (Lipinski definition) is 2. The first-order chi connectivity index (χ1) is 9.79. The van der Waals surface area contributed by atoms with Crippen LogP contribution in [0, 0.1) is 0 Å². The number of carbonyl (C=O) groups excluding carboxylic acids is 1. The van der Waals surface area contributed by atoms with E-state index in [1.165, 1.54) is 5.56 Å². The molecule has 0 N–H and O–H groups in total. The van der Waals surface area contributed by atoms with E-state index >= 15 is 0 Å². The van der Waals surface area contributed by atoms with Gasteiger partial charge < -0.3 is 4.74 Å². The van der Waals surface area contributed by atoms with Gasteiger partial charge in [-0.2, -0.15) is 0 Å². The second-order valence-corrected chi connectivity index (χ2v) is 4.72. The summed E-state index contributed by atoms with van der Waals surface area (Å²) in [6.45, 7) is 2.56. The van der Waals surface area contributed by atoms with E-state index in [9.17, 15) is 4.79 Å². The Kier molecular flexibility index (Phi) is 5.36. The molecule has 2 rings (SSSR count). The van der Waals surface area contributed by atoms with Gasteiger partial charge in [0.1, 0.15) is 5.75 Å². The summed E-state index contributed by atoms with van der Waals surface area (Å²) in [5.41, 5.74) is 2.02. The maximum absolute atomic E-state index is 12.1. The average molecular weight is 268 g/mol. The second kappa shape index (κ2) is 7.49. The third-order valence-electron chi connectivity index (χ3n) is 3.18. The number of Topliss-reactive ketones (excluding diaryl/α,β-unsaturated/α-hetero) is 1. The number of hydrogen-bond donors (Lipinski definition) is 0. The quantitative estimate of drug-likeness (QED) is 0.700. The maximum Gasteiger partial charge on any atom is 0.163 e. The first-order valence-corrected chi connectivity index (χ1v) is 7.09. The molecule has 0 bridgehead atoms. The molecular formula is C18H20O2. The summed E-state index contributed by atoms with van der Waals surface area (Å²) in [5, 5.41) is 0. The van der Waals surface area contributed by atoms with Crippen LogP contribution in [0.15, 0.2) is 54.6 Å². The monoisotopic (exact) mass is 268 g/mol. The van der Waals surface area contributed by atoms with E-state index in [4.69, 9.17) is 4.74 Å². The number of aryl methyl sites for hydroxylation is 1. The summed E-state index contributed by atoms with van der Waals surface area (Å²) in [6.07, 6.45) is 2.39. The highest BCUT2D eigenvalue weighted by atomic mass is 16.5. The summed E-state index contributed by atoms with van der Waals surface area (Å²) in [4.78, 5) is 12.1. The Balaban J connectivity index is 1.87. The van der Waals surface area contributed by atoms with Crippen molar-refractivity contribution in [3.05, 3.63) is 65.7 Å². The number of ketones is 1. The van der Waals surface area contributed by atoms with E-state index in [2.05, 4.69) is 12.1 Å². The van der Waals surface area contributed by atoms with Crippen LogP contribution in [-0.2, 0) is 6.42 Å². The lowest BCUT2D eigenvalue weighted by atomic mass is 10.0. The molecule has 104 valence electrons. The number of carbonyl (C=O) groups is 1. The summed E-state index contributed by atoms with van der Waals surface area (Å²) >= 11 is 0. The number of rotatable bonds is 7. The average Bonchev–Trinajstić information content (AvgIpc) is 2.49. The van der Waals surface area contributed by atoms with Gasteiger partial charge in [-0.1, -0.05) is 42.5 Å². The highest BCUT2D eigenvalue weighted by Gasteiger charge is 2.07. The van der Waals surface area contributed by atoms with Crippen molar-refractivity contribution in [3.8, 4) is 5.75 Å². The number of ether oxygens (including phenoxy) is 1. The zero-order valence-electron chi connectivity index (χ0n) is 11.8. The molecule has 0 amide bonds. The Morgan fingerprint density at radius 3 is 2.60 bits per heavy atom. The van der Waals surface area contributed by atoms with E-state index in [0.717, 1.165) is 24.2 Å². The Hall–Kier alpha value is -2.09. The SMILES string of the molecule is CCOc1cccc(C(=O)CCCc2ccccc2)c1. The Bertz CT molecular complexity index is 546. The molecule has 0 unspecified atom stereocenters. The van der Waals surface area contributed by atoms with Crippen LogP contribution in [-0.4, -0.2) is 12.4 Å². The Labute approximate surface area is 120 Å². The van der Waals surface area contributed by atoms with Gasteiger partial charge in [0.25, 0.3) is 0 Å². The molecule has 0 fully saturated rings. The van der Waals surface area contributed by atoms with Crippen molar-refractivity contribution >= 4 is 5.78 Å². The van der Waals surface area contributed by atoms with Gasteiger partial charge in [0, 0.05) is 12.0 Å². The Morgan fingerprint density at radius 1 is 1.05 bits per heavy atom. The van der Waals surface area contributed by atoms with Crippen LogP contribution in [0.2, 0.25) is 0 Å². The van der Waals surface area contributed by atoms with Gasteiger partial charge in [0.15, 0.2) is 5.78 Å². The molecule has 0 saturated carbocycles. The molecule has 0 aliphatic rings. The lowest BCUT2D eigenvalue weighted by molar-refractivity contribution is 0.0980. The Morgan fingerprint density at radius 2 is 1.85 bits per heavy atom.